The maximum atomic E-state index is 6.66. The lowest BCUT2D eigenvalue weighted by molar-refractivity contribution is 0.669. The van der Waals surface area contributed by atoms with Gasteiger partial charge in [-0.2, -0.15) is 0 Å². The second-order valence-electron chi connectivity index (χ2n) is 12.0. The standard InChI is InChI=1S/C43H25N3O2/c1-3-11-26(12-4-1)41-44-42(27-13-5-2-6-14-27)46-43(45-41)34-18-10-20-37-39(34)33-17-9-16-31(40(33)48-37)29-22-21-28-24-35-32-15-7-8-19-36(32)47-38(35)25-30(28)23-29/h1-25H. The molecule has 0 unspecified atom stereocenters. The molecule has 5 heteroatoms. The van der Waals surface area contributed by atoms with E-state index in [-0.39, 0.29) is 0 Å². The van der Waals surface area contributed by atoms with Gasteiger partial charge in [-0.3, -0.25) is 0 Å². The van der Waals surface area contributed by atoms with Gasteiger partial charge in [0.1, 0.15) is 22.3 Å². The maximum absolute atomic E-state index is 6.66. The molecule has 48 heavy (non-hydrogen) atoms. The van der Waals surface area contributed by atoms with Crippen molar-refractivity contribution in [3.05, 3.63) is 152 Å². The Labute approximate surface area is 274 Å². The van der Waals surface area contributed by atoms with Crippen LogP contribution in [0.4, 0.5) is 0 Å². The molecule has 0 aliphatic rings. The topological polar surface area (TPSA) is 65.0 Å². The number of rotatable bonds is 4. The van der Waals surface area contributed by atoms with E-state index < -0.39 is 0 Å². The number of aromatic nitrogens is 3. The molecule has 224 valence electrons. The van der Waals surface area contributed by atoms with Crippen molar-refractivity contribution in [2.75, 3.05) is 0 Å². The summed E-state index contributed by atoms with van der Waals surface area (Å²) in [7, 11) is 0. The predicted molar refractivity (Wildman–Crippen MR) is 194 cm³/mol. The Kier molecular flexibility index (Phi) is 5.81. The van der Waals surface area contributed by atoms with Crippen LogP contribution in [0.3, 0.4) is 0 Å². The number of benzene rings is 7. The Hall–Kier alpha value is -6.59. The van der Waals surface area contributed by atoms with Crippen LogP contribution in [0, 0.1) is 0 Å². The first-order chi connectivity index (χ1) is 23.8. The van der Waals surface area contributed by atoms with Gasteiger partial charge in [-0.1, -0.05) is 121 Å². The molecule has 3 aromatic heterocycles. The fourth-order valence-corrected chi connectivity index (χ4v) is 6.83. The Bertz CT molecular complexity index is 2780. The molecule has 5 nitrogen and oxygen atoms in total. The summed E-state index contributed by atoms with van der Waals surface area (Å²) in [4.78, 5) is 14.9. The molecule has 0 fully saturated rings. The van der Waals surface area contributed by atoms with Crippen LogP contribution < -0.4 is 0 Å². The second kappa shape index (κ2) is 10.5. The molecule has 0 N–H and O–H groups in total. The fraction of sp³-hybridized carbons (Fsp3) is 0. The number of furan rings is 2. The summed E-state index contributed by atoms with van der Waals surface area (Å²) < 4.78 is 12.9. The van der Waals surface area contributed by atoms with Crippen molar-refractivity contribution in [1.29, 1.82) is 0 Å². The van der Waals surface area contributed by atoms with E-state index in [1.807, 2.05) is 84.9 Å². The van der Waals surface area contributed by atoms with E-state index in [9.17, 15) is 0 Å². The van der Waals surface area contributed by atoms with Gasteiger partial charge in [0, 0.05) is 43.8 Å². The second-order valence-corrected chi connectivity index (χ2v) is 12.0. The van der Waals surface area contributed by atoms with E-state index in [1.165, 1.54) is 0 Å². The normalized spacial score (nSPS) is 11.8. The van der Waals surface area contributed by atoms with Crippen LogP contribution in [0.25, 0.3) is 99.9 Å². The van der Waals surface area contributed by atoms with E-state index >= 15 is 0 Å². The minimum absolute atomic E-state index is 0.599. The first-order valence-electron chi connectivity index (χ1n) is 15.9. The van der Waals surface area contributed by atoms with Crippen LogP contribution >= 0.6 is 0 Å². The van der Waals surface area contributed by atoms with Crippen molar-refractivity contribution in [2.45, 2.75) is 0 Å². The third-order valence-electron chi connectivity index (χ3n) is 9.11. The molecule has 0 aliphatic carbocycles. The van der Waals surface area contributed by atoms with Gasteiger partial charge in [0.25, 0.3) is 0 Å². The zero-order valence-electron chi connectivity index (χ0n) is 25.6. The highest BCUT2D eigenvalue weighted by atomic mass is 16.3. The number of hydrogen-bond acceptors (Lipinski definition) is 5. The Morgan fingerprint density at radius 3 is 1.79 bits per heavy atom. The lowest BCUT2D eigenvalue weighted by atomic mass is 9.97. The summed E-state index contributed by atoms with van der Waals surface area (Å²) in [6, 6.07) is 51.6. The molecule has 0 radical (unpaired) electrons. The summed E-state index contributed by atoms with van der Waals surface area (Å²) in [6.07, 6.45) is 0. The highest BCUT2D eigenvalue weighted by molar-refractivity contribution is 6.15. The average Bonchev–Trinajstić information content (AvgIpc) is 3.72. The zero-order valence-corrected chi connectivity index (χ0v) is 25.6. The molecular weight excluding hydrogens is 590 g/mol. The van der Waals surface area contributed by atoms with Crippen LogP contribution in [0.2, 0.25) is 0 Å². The Balaban J connectivity index is 1.16. The number of para-hydroxylation sites is 2. The third kappa shape index (κ3) is 4.22. The van der Waals surface area contributed by atoms with Gasteiger partial charge in [0.05, 0.1) is 0 Å². The molecule has 10 aromatic rings. The minimum atomic E-state index is 0.599. The molecule has 0 spiro atoms. The van der Waals surface area contributed by atoms with Crippen molar-refractivity contribution in [3.8, 4) is 45.3 Å². The summed E-state index contributed by atoms with van der Waals surface area (Å²) in [5, 5.41) is 6.51. The largest absolute Gasteiger partial charge is 0.456 e. The van der Waals surface area contributed by atoms with Crippen LogP contribution in [-0.2, 0) is 0 Å². The van der Waals surface area contributed by atoms with E-state index in [4.69, 9.17) is 23.8 Å². The summed E-state index contributed by atoms with van der Waals surface area (Å²) in [6.45, 7) is 0. The highest BCUT2D eigenvalue weighted by Crippen LogP contribution is 2.41. The molecule has 3 heterocycles. The molecule has 0 amide bonds. The van der Waals surface area contributed by atoms with Crippen LogP contribution in [-0.4, -0.2) is 15.0 Å². The van der Waals surface area contributed by atoms with Gasteiger partial charge in [0.15, 0.2) is 17.5 Å². The van der Waals surface area contributed by atoms with Crippen molar-refractivity contribution in [1.82, 2.24) is 15.0 Å². The fourth-order valence-electron chi connectivity index (χ4n) is 6.83. The summed E-state index contributed by atoms with van der Waals surface area (Å²) >= 11 is 0. The third-order valence-corrected chi connectivity index (χ3v) is 9.11. The first kappa shape index (κ1) is 26.6. The Morgan fingerprint density at radius 1 is 0.354 bits per heavy atom. The lowest BCUT2D eigenvalue weighted by Crippen LogP contribution is -2.00. The van der Waals surface area contributed by atoms with Crippen molar-refractivity contribution in [3.63, 3.8) is 0 Å². The summed E-state index contributed by atoms with van der Waals surface area (Å²) in [5.74, 6) is 1.85. The van der Waals surface area contributed by atoms with Gasteiger partial charge >= 0.3 is 0 Å². The van der Waals surface area contributed by atoms with Gasteiger partial charge in [-0.25, -0.2) is 15.0 Å². The smallest absolute Gasteiger partial charge is 0.164 e. The van der Waals surface area contributed by atoms with E-state index in [1.54, 1.807) is 0 Å². The molecule has 10 rings (SSSR count). The quantitative estimate of drug-likeness (QED) is 0.197. The lowest BCUT2D eigenvalue weighted by Gasteiger charge is -2.09. The Morgan fingerprint density at radius 2 is 1.00 bits per heavy atom. The summed E-state index contributed by atoms with van der Waals surface area (Å²) in [5.41, 5.74) is 8.24. The highest BCUT2D eigenvalue weighted by Gasteiger charge is 2.20. The van der Waals surface area contributed by atoms with Crippen LogP contribution in [0.1, 0.15) is 0 Å². The van der Waals surface area contributed by atoms with Gasteiger partial charge in [-0.15, -0.1) is 0 Å². The molecule has 0 bridgehead atoms. The van der Waals surface area contributed by atoms with Gasteiger partial charge < -0.3 is 8.83 Å². The van der Waals surface area contributed by atoms with Crippen molar-refractivity contribution in [2.24, 2.45) is 0 Å². The number of hydrogen-bond donors (Lipinski definition) is 0. The number of fused-ring (bicyclic) bond motifs is 7. The molecule has 0 aliphatic heterocycles. The van der Waals surface area contributed by atoms with E-state index in [0.717, 1.165) is 82.5 Å². The predicted octanol–water partition coefficient (Wildman–Crippen LogP) is 11.5. The van der Waals surface area contributed by atoms with E-state index in [2.05, 4.69) is 66.7 Å². The SMILES string of the molecule is c1ccc(-c2nc(-c3ccccc3)nc(-c3cccc4oc5c(-c6ccc7cc8c(cc7c6)oc6ccccc68)cccc5c34)n2)cc1. The van der Waals surface area contributed by atoms with Crippen LogP contribution in [0.15, 0.2) is 160 Å². The average molecular weight is 616 g/mol. The molecule has 7 aromatic carbocycles. The zero-order chi connectivity index (χ0) is 31.6. The maximum Gasteiger partial charge on any atom is 0.164 e. The molecule has 0 saturated carbocycles. The van der Waals surface area contributed by atoms with E-state index in [0.29, 0.717) is 17.5 Å². The van der Waals surface area contributed by atoms with Gasteiger partial charge in [0.2, 0.25) is 0 Å². The van der Waals surface area contributed by atoms with Crippen molar-refractivity contribution >= 4 is 54.6 Å². The van der Waals surface area contributed by atoms with Crippen molar-refractivity contribution < 1.29 is 8.83 Å². The molecule has 0 atom stereocenters. The molecule has 0 saturated heterocycles. The molecular formula is C43H25N3O2. The monoisotopic (exact) mass is 615 g/mol. The van der Waals surface area contributed by atoms with Crippen LogP contribution in [0.5, 0.6) is 0 Å². The number of nitrogens with zero attached hydrogens (tertiary/aromatic N) is 3. The van der Waals surface area contributed by atoms with Gasteiger partial charge in [-0.05, 0) is 46.7 Å². The first-order valence-corrected chi connectivity index (χ1v) is 15.9. The minimum Gasteiger partial charge on any atom is -0.456 e.